The summed E-state index contributed by atoms with van der Waals surface area (Å²) in [6, 6.07) is 4.12. The van der Waals surface area contributed by atoms with E-state index in [-0.39, 0.29) is 42.7 Å². The Morgan fingerprint density at radius 3 is 2.80 bits per heavy atom. The van der Waals surface area contributed by atoms with Crippen molar-refractivity contribution in [2.75, 3.05) is 31.2 Å². The van der Waals surface area contributed by atoms with Gasteiger partial charge in [-0.1, -0.05) is 12.5 Å². The minimum atomic E-state index is 0. The highest BCUT2D eigenvalue weighted by Gasteiger charge is 2.25. The van der Waals surface area contributed by atoms with E-state index < -0.39 is 0 Å². The van der Waals surface area contributed by atoms with E-state index >= 15 is 0 Å². The maximum absolute atomic E-state index is 12.4. The van der Waals surface area contributed by atoms with Gasteiger partial charge in [0.05, 0.1) is 13.2 Å². The normalized spacial score (nSPS) is 23.2. The largest absolute Gasteiger partial charge is 0.378 e. The molecule has 25 heavy (non-hydrogen) atoms. The lowest BCUT2D eigenvalue weighted by atomic mass is 9.85. The molecule has 2 atom stereocenters. The number of halogens is 2. The summed E-state index contributed by atoms with van der Waals surface area (Å²) in [5.41, 5.74) is 7.04. The third-order valence-corrected chi connectivity index (χ3v) is 4.72. The molecule has 1 aliphatic carbocycles. The molecule has 8 heteroatoms. The Labute approximate surface area is 161 Å². The first-order valence-corrected chi connectivity index (χ1v) is 8.54. The number of nitrogens with one attached hydrogen (secondary N) is 1. The summed E-state index contributed by atoms with van der Waals surface area (Å²) >= 11 is 0. The Morgan fingerprint density at radius 1 is 1.32 bits per heavy atom. The number of anilines is 1. The molecule has 1 aliphatic heterocycles. The average molecular weight is 391 g/mol. The molecule has 1 aromatic heterocycles. The molecule has 2 aliphatic rings. The first-order chi connectivity index (χ1) is 11.2. The van der Waals surface area contributed by atoms with Crippen LogP contribution in [0.3, 0.4) is 0 Å². The van der Waals surface area contributed by atoms with E-state index in [1.807, 2.05) is 12.1 Å². The maximum atomic E-state index is 12.4. The number of amides is 1. The Balaban J connectivity index is 0.00000156. The molecule has 0 spiro atoms. The first-order valence-electron chi connectivity index (χ1n) is 8.54. The number of carbonyl (C=O) groups is 1. The molecule has 0 radical (unpaired) electrons. The number of hydrogen-bond donors (Lipinski definition) is 2. The lowest BCUT2D eigenvalue weighted by Gasteiger charge is -2.30. The second-order valence-electron chi connectivity index (χ2n) is 6.43. The number of ether oxygens (including phenoxy) is 1. The molecule has 1 aromatic rings. The number of hydrogen-bond acceptors (Lipinski definition) is 5. The van der Waals surface area contributed by atoms with Crippen molar-refractivity contribution in [3.05, 3.63) is 23.9 Å². The summed E-state index contributed by atoms with van der Waals surface area (Å²) in [6.07, 6.45) is 5.63. The van der Waals surface area contributed by atoms with Crippen LogP contribution in [0.5, 0.6) is 0 Å². The monoisotopic (exact) mass is 390 g/mol. The van der Waals surface area contributed by atoms with Crippen LogP contribution in [0.4, 0.5) is 5.82 Å². The van der Waals surface area contributed by atoms with Crippen LogP contribution in [-0.2, 0) is 16.1 Å². The molecular weight excluding hydrogens is 363 g/mol. The minimum absolute atomic E-state index is 0. The smallest absolute Gasteiger partial charge is 0.223 e. The molecule has 6 nitrogen and oxygen atoms in total. The van der Waals surface area contributed by atoms with Gasteiger partial charge in [0.25, 0.3) is 0 Å². The van der Waals surface area contributed by atoms with Crippen LogP contribution in [0, 0.1) is 5.92 Å². The van der Waals surface area contributed by atoms with Crippen LogP contribution in [0.1, 0.15) is 31.2 Å². The van der Waals surface area contributed by atoms with Crippen LogP contribution in [0.2, 0.25) is 0 Å². The first kappa shape index (κ1) is 22.0. The van der Waals surface area contributed by atoms with Crippen molar-refractivity contribution in [1.82, 2.24) is 10.3 Å². The zero-order valence-corrected chi connectivity index (χ0v) is 16.0. The van der Waals surface area contributed by atoms with Crippen LogP contribution in [-0.4, -0.2) is 43.2 Å². The van der Waals surface area contributed by atoms with Crippen molar-refractivity contribution < 1.29 is 9.53 Å². The lowest BCUT2D eigenvalue weighted by Crippen LogP contribution is -2.39. The van der Waals surface area contributed by atoms with Crippen LogP contribution >= 0.6 is 24.8 Å². The highest BCUT2D eigenvalue weighted by atomic mass is 35.5. The number of nitrogens with two attached hydrogens (primary N) is 1. The van der Waals surface area contributed by atoms with Crippen molar-refractivity contribution >= 4 is 36.5 Å². The van der Waals surface area contributed by atoms with E-state index in [1.54, 1.807) is 6.20 Å². The summed E-state index contributed by atoms with van der Waals surface area (Å²) in [7, 11) is 0. The van der Waals surface area contributed by atoms with Crippen molar-refractivity contribution in [3.63, 3.8) is 0 Å². The molecule has 1 saturated heterocycles. The van der Waals surface area contributed by atoms with E-state index in [2.05, 4.69) is 15.2 Å². The predicted molar refractivity (Wildman–Crippen MR) is 104 cm³/mol. The number of pyridine rings is 1. The number of carbonyl (C=O) groups excluding carboxylic acids is 1. The highest BCUT2D eigenvalue weighted by molar-refractivity contribution is 5.85. The van der Waals surface area contributed by atoms with Gasteiger partial charge in [0.2, 0.25) is 5.91 Å². The molecule has 142 valence electrons. The second kappa shape index (κ2) is 10.8. The van der Waals surface area contributed by atoms with Gasteiger partial charge < -0.3 is 20.7 Å². The standard InChI is InChI=1S/C17H26N4O2.2ClH/c18-15-5-1-3-13(11-15)17(22)20-12-14-4-2-6-19-16(14)21-7-9-23-10-8-21;;/h2,4,6,13,15H,1,3,5,7-12,18H2,(H,20,22);2*1H. The van der Waals surface area contributed by atoms with Crippen LogP contribution in [0.15, 0.2) is 18.3 Å². The van der Waals surface area contributed by atoms with Gasteiger partial charge in [0, 0.05) is 43.4 Å². The average Bonchev–Trinajstić information content (AvgIpc) is 2.60. The van der Waals surface area contributed by atoms with Gasteiger partial charge >= 0.3 is 0 Å². The summed E-state index contributed by atoms with van der Waals surface area (Å²) < 4.78 is 5.40. The third kappa shape index (κ3) is 5.99. The summed E-state index contributed by atoms with van der Waals surface area (Å²) in [5.74, 6) is 1.13. The molecule has 2 unspecified atom stereocenters. The van der Waals surface area contributed by atoms with E-state index in [0.29, 0.717) is 6.54 Å². The Kier molecular flexibility index (Phi) is 9.50. The number of morpholine rings is 1. The molecule has 1 amide bonds. The minimum Gasteiger partial charge on any atom is -0.378 e. The third-order valence-electron chi connectivity index (χ3n) is 4.72. The van der Waals surface area contributed by atoms with Gasteiger partial charge in [-0.25, -0.2) is 4.98 Å². The number of aromatic nitrogens is 1. The van der Waals surface area contributed by atoms with E-state index in [4.69, 9.17) is 10.5 Å². The van der Waals surface area contributed by atoms with Crippen molar-refractivity contribution in [3.8, 4) is 0 Å². The quantitative estimate of drug-likeness (QED) is 0.820. The Morgan fingerprint density at radius 2 is 2.08 bits per heavy atom. The summed E-state index contributed by atoms with van der Waals surface area (Å²) in [5, 5.41) is 3.08. The molecular formula is C17H28Cl2N4O2. The fourth-order valence-corrected chi connectivity index (χ4v) is 3.42. The van der Waals surface area contributed by atoms with Crippen molar-refractivity contribution in [2.24, 2.45) is 11.7 Å². The molecule has 3 rings (SSSR count). The van der Waals surface area contributed by atoms with E-state index in [1.165, 1.54) is 0 Å². The fourth-order valence-electron chi connectivity index (χ4n) is 3.42. The topological polar surface area (TPSA) is 80.5 Å². The summed E-state index contributed by atoms with van der Waals surface area (Å²) in [4.78, 5) is 19.1. The van der Waals surface area contributed by atoms with Gasteiger partial charge in [-0.3, -0.25) is 4.79 Å². The summed E-state index contributed by atoms with van der Waals surface area (Å²) in [6.45, 7) is 3.65. The van der Waals surface area contributed by atoms with Crippen LogP contribution < -0.4 is 16.0 Å². The van der Waals surface area contributed by atoms with Gasteiger partial charge in [-0.2, -0.15) is 0 Å². The van der Waals surface area contributed by atoms with Gasteiger partial charge in [0.15, 0.2) is 0 Å². The van der Waals surface area contributed by atoms with Crippen molar-refractivity contribution in [2.45, 2.75) is 38.3 Å². The number of rotatable bonds is 4. The molecule has 3 N–H and O–H groups in total. The van der Waals surface area contributed by atoms with Crippen molar-refractivity contribution in [1.29, 1.82) is 0 Å². The SMILES string of the molecule is Cl.Cl.NC1CCCC(C(=O)NCc2cccnc2N2CCOCC2)C1. The fraction of sp³-hybridized carbons (Fsp3) is 0.647. The highest BCUT2D eigenvalue weighted by Crippen LogP contribution is 2.24. The maximum Gasteiger partial charge on any atom is 0.223 e. The molecule has 0 bridgehead atoms. The van der Waals surface area contributed by atoms with Gasteiger partial charge in [-0.05, 0) is 25.3 Å². The number of nitrogens with zero attached hydrogens (tertiary/aromatic N) is 2. The molecule has 0 aromatic carbocycles. The zero-order chi connectivity index (χ0) is 16.1. The Bertz CT molecular complexity index is 541. The molecule has 1 saturated carbocycles. The van der Waals surface area contributed by atoms with E-state index in [9.17, 15) is 4.79 Å². The lowest BCUT2D eigenvalue weighted by molar-refractivity contribution is -0.126. The van der Waals surface area contributed by atoms with E-state index in [0.717, 1.165) is 63.4 Å². The van der Waals surface area contributed by atoms with Crippen LogP contribution in [0.25, 0.3) is 0 Å². The molecule has 2 heterocycles. The second-order valence-corrected chi connectivity index (χ2v) is 6.43. The van der Waals surface area contributed by atoms with Gasteiger partial charge in [-0.15, -0.1) is 24.8 Å². The predicted octanol–water partition coefficient (Wildman–Crippen LogP) is 1.90. The zero-order valence-electron chi connectivity index (χ0n) is 14.4. The Hall–Kier alpha value is -1.08. The molecule has 2 fully saturated rings. The van der Waals surface area contributed by atoms with Gasteiger partial charge in [0.1, 0.15) is 5.82 Å².